The number of alkyl halides is 3. The van der Waals surface area contributed by atoms with Crippen LogP contribution in [0, 0.1) is 0 Å². The van der Waals surface area contributed by atoms with E-state index in [4.69, 9.17) is 5.11 Å². The van der Waals surface area contributed by atoms with E-state index in [2.05, 4.69) is 4.98 Å². The topological polar surface area (TPSA) is 55.1 Å². The third-order valence-corrected chi connectivity index (χ3v) is 1.94. The van der Waals surface area contributed by atoms with Crippen LogP contribution in [0.3, 0.4) is 0 Å². The Kier molecular flexibility index (Phi) is 3.01. The standard InChI is InChI=1S/C8H9F3N2O2/c1-13-3-2-12-7(13)5(4-6(14)15)8(9,10)11/h2-3,5H,4H2,1H3,(H,14,15)/t5-/m0/s1. The van der Waals surface area contributed by atoms with Crippen LogP contribution in [0.2, 0.25) is 0 Å². The number of hydrogen-bond donors (Lipinski definition) is 1. The van der Waals surface area contributed by atoms with Crippen molar-refractivity contribution in [3.05, 3.63) is 18.2 Å². The smallest absolute Gasteiger partial charge is 0.399 e. The summed E-state index contributed by atoms with van der Waals surface area (Å²) in [5, 5.41) is 8.40. The van der Waals surface area contributed by atoms with Crippen molar-refractivity contribution in [2.24, 2.45) is 7.05 Å². The quantitative estimate of drug-likeness (QED) is 0.843. The largest absolute Gasteiger partial charge is 0.481 e. The van der Waals surface area contributed by atoms with E-state index in [1.54, 1.807) is 0 Å². The van der Waals surface area contributed by atoms with Gasteiger partial charge in [-0.05, 0) is 0 Å². The van der Waals surface area contributed by atoms with Gasteiger partial charge in [0, 0.05) is 19.4 Å². The summed E-state index contributed by atoms with van der Waals surface area (Å²) in [4.78, 5) is 13.8. The van der Waals surface area contributed by atoms with Crippen LogP contribution in [0.5, 0.6) is 0 Å². The molecule has 0 fully saturated rings. The Morgan fingerprint density at radius 3 is 2.60 bits per heavy atom. The van der Waals surface area contributed by atoms with Gasteiger partial charge in [-0.3, -0.25) is 4.79 Å². The molecule has 0 aliphatic rings. The summed E-state index contributed by atoms with van der Waals surface area (Å²) in [5.74, 6) is -3.85. The molecule has 0 saturated carbocycles. The lowest BCUT2D eigenvalue weighted by atomic mass is 10.0. The molecule has 0 saturated heterocycles. The van der Waals surface area contributed by atoms with E-state index in [-0.39, 0.29) is 5.82 Å². The number of aliphatic carboxylic acids is 1. The molecule has 4 nitrogen and oxygen atoms in total. The Morgan fingerprint density at radius 1 is 1.67 bits per heavy atom. The summed E-state index contributed by atoms with van der Waals surface area (Å²) < 4.78 is 38.7. The van der Waals surface area contributed by atoms with Crippen LogP contribution in [-0.2, 0) is 11.8 Å². The van der Waals surface area contributed by atoms with Crippen molar-refractivity contribution >= 4 is 5.97 Å². The van der Waals surface area contributed by atoms with Crippen molar-refractivity contribution in [3.63, 3.8) is 0 Å². The number of carboxylic acid groups (broad SMARTS) is 1. The molecule has 7 heteroatoms. The maximum atomic E-state index is 12.5. The van der Waals surface area contributed by atoms with Gasteiger partial charge in [-0.2, -0.15) is 13.2 Å². The highest BCUT2D eigenvalue weighted by Gasteiger charge is 2.44. The third kappa shape index (κ3) is 2.71. The predicted octanol–water partition coefficient (Wildman–Crippen LogP) is 1.54. The van der Waals surface area contributed by atoms with Crippen LogP contribution in [0.1, 0.15) is 18.2 Å². The molecule has 0 aliphatic carbocycles. The molecular formula is C8H9F3N2O2. The van der Waals surface area contributed by atoms with Gasteiger partial charge in [0.15, 0.2) is 0 Å². The van der Waals surface area contributed by atoms with Crippen molar-refractivity contribution in [2.75, 3.05) is 0 Å². The monoisotopic (exact) mass is 222 g/mol. The first-order valence-electron chi connectivity index (χ1n) is 4.08. The van der Waals surface area contributed by atoms with E-state index in [9.17, 15) is 18.0 Å². The zero-order valence-corrected chi connectivity index (χ0v) is 7.82. The lowest BCUT2D eigenvalue weighted by Gasteiger charge is -2.17. The van der Waals surface area contributed by atoms with Gasteiger partial charge in [0.1, 0.15) is 11.7 Å². The summed E-state index contributed by atoms with van der Waals surface area (Å²) in [6.45, 7) is 0. The predicted molar refractivity (Wildman–Crippen MR) is 44.3 cm³/mol. The van der Waals surface area contributed by atoms with Crippen molar-refractivity contribution in [1.82, 2.24) is 9.55 Å². The van der Waals surface area contributed by atoms with Crippen LogP contribution in [0.25, 0.3) is 0 Å². The fourth-order valence-electron chi connectivity index (χ4n) is 1.24. The molecule has 0 bridgehead atoms. The molecule has 0 unspecified atom stereocenters. The van der Waals surface area contributed by atoms with E-state index >= 15 is 0 Å². The summed E-state index contributed by atoms with van der Waals surface area (Å²) in [6.07, 6.45) is -3.06. The van der Waals surface area contributed by atoms with Crippen LogP contribution >= 0.6 is 0 Å². The maximum absolute atomic E-state index is 12.5. The van der Waals surface area contributed by atoms with Crippen molar-refractivity contribution in [3.8, 4) is 0 Å². The molecule has 0 spiro atoms. The molecule has 0 radical (unpaired) electrons. The second-order valence-corrected chi connectivity index (χ2v) is 3.09. The van der Waals surface area contributed by atoms with Crippen molar-refractivity contribution in [1.29, 1.82) is 0 Å². The Balaban J connectivity index is 3.02. The lowest BCUT2D eigenvalue weighted by molar-refractivity contribution is -0.164. The van der Waals surface area contributed by atoms with E-state index in [1.165, 1.54) is 24.0 Å². The first-order chi connectivity index (χ1) is 6.82. The van der Waals surface area contributed by atoms with Gasteiger partial charge < -0.3 is 9.67 Å². The Morgan fingerprint density at radius 2 is 2.27 bits per heavy atom. The third-order valence-electron chi connectivity index (χ3n) is 1.94. The highest BCUT2D eigenvalue weighted by Crippen LogP contribution is 2.36. The first-order valence-corrected chi connectivity index (χ1v) is 4.08. The van der Waals surface area contributed by atoms with Gasteiger partial charge in [0.05, 0.1) is 6.42 Å². The molecule has 0 amide bonds. The minimum absolute atomic E-state index is 0.287. The minimum atomic E-state index is -4.60. The fourth-order valence-corrected chi connectivity index (χ4v) is 1.24. The summed E-state index contributed by atoms with van der Waals surface area (Å²) in [6, 6.07) is 0. The van der Waals surface area contributed by atoms with Crippen LogP contribution in [0.15, 0.2) is 12.4 Å². The number of aryl methyl sites for hydroxylation is 1. The van der Waals surface area contributed by atoms with Crippen LogP contribution < -0.4 is 0 Å². The molecule has 15 heavy (non-hydrogen) atoms. The van der Waals surface area contributed by atoms with Gasteiger partial charge in [0.25, 0.3) is 0 Å². The second-order valence-electron chi connectivity index (χ2n) is 3.09. The molecule has 1 aromatic heterocycles. The molecule has 1 N–H and O–H groups in total. The number of imidazole rings is 1. The van der Waals surface area contributed by atoms with Gasteiger partial charge in [-0.1, -0.05) is 0 Å². The summed E-state index contributed by atoms with van der Waals surface area (Å²) in [7, 11) is 1.39. The second kappa shape index (κ2) is 3.92. The van der Waals surface area contributed by atoms with Crippen molar-refractivity contribution in [2.45, 2.75) is 18.5 Å². The SMILES string of the molecule is Cn1ccnc1[C@H](CC(=O)O)C(F)(F)F. The van der Waals surface area contributed by atoms with Crippen molar-refractivity contribution < 1.29 is 23.1 Å². The first kappa shape index (κ1) is 11.5. The number of halogens is 3. The number of carboxylic acids is 1. The molecule has 0 aromatic carbocycles. The molecular weight excluding hydrogens is 213 g/mol. The van der Waals surface area contributed by atoms with Gasteiger partial charge in [-0.25, -0.2) is 4.98 Å². The average Bonchev–Trinajstić information content (AvgIpc) is 2.45. The normalized spacial score (nSPS) is 13.9. The average molecular weight is 222 g/mol. The van der Waals surface area contributed by atoms with Gasteiger partial charge in [-0.15, -0.1) is 0 Å². The number of carbonyl (C=O) groups is 1. The Bertz CT molecular complexity index is 359. The Labute approximate surface area is 83.3 Å². The van der Waals surface area contributed by atoms with E-state index in [1.807, 2.05) is 0 Å². The molecule has 1 rings (SSSR count). The Hall–Kier alpha value is -1.53. The molecule has 84 valence electrons. The molecule has 1 aromatic rings. The summed E-state index contributed by atoms with van der Waals surface area (Å²) >= 11 is 0. The minimum Gasteiger partial charge on any atom is -0.481 e. The highest BCUT2D eigenvalue weighted by molar-refractivity contribution is 5.68. The molecule has 1 heterocycles. The highest BCUT2D eigenvalue weighted by atomic mass is 19.4. The number of rotatable bonds is 3. The summed E-state index contributed by atoms with van der Waals surface area (Å²) in [5.41, 5.74) is 0. The van der Waals surface area contributed by atoms with E-state index < -0.39 is 24.5 Å². The number of aromatic nitrogens is 2. The van der Waals surface area contributed by atoms with E-state index in [0.717, 1.165) is 0 Å². The van der Waals surface area contributed by atoms with Crippen LogP contribution in [0.4, 0.5) is 13.2 Å². The van der Waals surface area contributed by atoms with Gasteiger partial charge >= 0.3 is 12.1 Å². The zero-order chi connectivity index (χ0) is 11.6. The lowest BCUT2D eigenvalue weighted by Crippen LogP contribution is -2.26. The zero-order valence-electron chi connectivity index (χ0n) is 7.82. The van der Waals surface area contributed by atoms with Gasteiger partial charge in [0.2, 0.25) is 0 Å². The van der Waals surface area contributed by atoms with E-state index in [0.29, 0.717) is 0 Å². The van der Waals surface area contributed by atoms with Crippen LogP contribution in [-0.4, -0.2) is 26.8 Å². The molecule has 0 aliphatic heterocycles. The number of hydrogen-bond acceptors (Lipinski definition) is 2. The fraction of sp³-hybridized carbons (Fsp3) is 0.500. The number of nitrogens with zero attached hydrogens (tertiary/aromatic N) is 2. The molecule has 1 atom stereocenters. The maximum Gasteiger partial charge on any atom is 0.399 e.